The van der Waals surface area contributed by atoms with E-state index in [1.165, 1.54) is 34.6 Å². The Morgan fingerprint density at radius 3 is 2.34 bits per heavy atom. The number of unbranched alkanes of at least 4 members (excludes halogenated alkanes) is 3. The van der Waals surface area contributed by atoms with Gasteiger partial charge in [-0.05, 0) is 91.1 Å². The summed E-state index contributed by atoms with van der Waals surface area (Å²) in [4.78, 5) is 68.6. The van der Waals surface area contributed by atoms with Gasteiger partial charge in [0.2, 0.25) is 33.7 Å². The second kappa shape index (κ2) is 24.7. The van der Waals surface area contributed by atoms with Crippen molar-refractivity contribution in [1.82, 2.24) is 40.5 Å². The number of aliphatic hydroxyl groups excluding tert-OH is 1. The first kappa shape index (κ1) is 56.4. The van der Waals surface area contributed by atoms with Crippen molar-refractivity contribution < 1.29 is 41.8 Å². The second-order valence-electron chi connectivity index (χ2n) is 20.4. The van der Waals surface area contributed by atoms with Gasteiger partial charge < -0.3 is 36.0 Å². The summed E-state index contributed by atoms with van der Waals surface area (Å²) < 4.78 is 49.6. The standard InChI is InChI=1S/C56H63ClFN9O8S2/c1-35-49(76-34-62-35)39-17-18-40(30-60-51(70)45-29-42(68)33-67(45)52(71)50(55(2,3)4)66-53(72)56(58)23-24-56)46(28-39)75-26-11-6-5-10-25-59-47(69)32-63-77(73,74)43-21-19-41(20-22-43)64-54-61-31-44(57)48(65-54)38-16-12-15-37(27-38)36-13-8-7-9-14-36/h7-9,12-22,27-28,31,34,42,45,50,63,68H,5-6,10-11,23-26,29-30,32-33H2,1-4H3,(H,59,69)(H,60,70)(H,66,72)(H,61,64,65)/t42-,45+,50-/m1/s1. The number of aliphatic hydroxyl groups is 1. The lowest BCUT2D eigenvalue weighted by molar-refractivity contribution is -0.145. The maximum atomic E-state index is 14.7. The number of sulfonamides is 1. The number of anilines is 2. The van der Waals surface area contributed by atoms with E-state index in [0.29, 0.717) is 53.7 Å². The number of amides is 4. The lowest BCUT2D eigenvalue weighted by Crippen LogP contribution is -2.59. The summed E-state index contributed by atoms with van der Waals surface area (Å²) in [5, 5.41) is 22.4. The van der Waals surface area contributed by atoms with Gasteiger partial charge in [0.1, 0.15) is 17.8 Å². The molecule has 2 aliphatic rings. The SMILES string of the molecule is Cc1ncsc1-c1ccc(CNC(=O)[C@@H]2C[C@@H](O)CN2C(=O)[C@@H](NC(=O)C2(F)CC2)C(C)(C)C)c(OCCCCCCNC(=O)CNS(=O)(=O)c2ccc(Nc3ncc(Cl)c(-c4cccc(-c5ccccc5)c4)n3)cc2)c1. The number of aromatic nitrogens is 3. The summed E-state index contributed by atoms with van der Waals surface area (Å²) in [7, 11) is -4.01. The Morgan fingerprint density at radius 1 is 0.896 bits per heavy atom. The van der Waals surface area contributed by atoms with Crippen LogP contribution in [0.2, 0.25) is 5.02 Å². The zero-order chi connectivity index (χ0) is 54.9. The Bertz CT molecular complexity index is 3190. The Morgan fingerprint density at radius 2 is 1.62 bits per heavy atom. The van der Waals surface area contributed by atoms with Gasteiger partial charge in [-0.2, -0.15) is 0 Å². The van der Waals surface area contributed by atoms with Crippen LogP contribution in [0.3, 0.4) is 0 Å². The number of thiazole rings is 1. The van der Waals surface area contributed by atoms with Crippen molar-refractivity contribution in [3.05, 3.63) is 125 Å². The smallest absolute Gasteiger partial charge is 0.258 e. The molecule has 2 aromatic heterocycles. The van der Waals surface area contributed by atoms with Crippen molar-refractivity contribution in [3.8, 4) is 38.6 Å². The molecule has 3 heterocycles. The maximum Gasteiger partial charge on any atom is 0.258 e. The van der Waals surface area contributed by atoms with Crippen molar-refractivity contribution in [1.29, 1.82) is 0 Å². The maximum absolute atomic E-state index is 14.7. The topological polar surface area (TPSA) is 234 Å². The molecule has 406 valence electrons. The fourth-order valence-corrected chi connectivity index (χ4v) is 10.8. The molecule has 8 rings (SSSR count). The average molecular weight is 1110 g/mol. The molecule has 1 saturated heterocycles. The molecule has 77 heavy (non-hydrogen) atoms. The van der Waals surface area contributed by atoms with Crippen LogP contribution >= 0.6 is 22.9 Å². The Balaban J connectivity index is 0.773. The Kier molecular flexibility index (Phi) is 18.0. The quantitative estimate of drug-likeness (QED) is 0.0333. The number of halogens is 2. The van der Waals surface area contributed by atoms with Crippen LogP contribution in [-0.2, 0) is 35.7 Å². The van der Waals surface area contributed by atoms with E-state index in [2.05, 4.69) is 40.9 Å². The molecule has 1 aliphatic heterocycles. The average Bonchev–Trinajstić information content (AvgIpc) is 3.88. The minimum atomic E-state index is -4.01. The van der Waals surface area contributed by atoms with Crippen LogP contribution in [0.15, 0.2) is 114 Å². The fourth-order valence-electron chi connectivity index (χ4n) is 8.82. The third-order valence-electron chi connectivity index (χ3n) is 13.4. The van der Waals surface area contributed by atoms with Crippen LogP contribution in [0, 0.1) is 12.3 Å². The van der Waals surface area contributed by atoms with Crippen molar-refractivity contribution in [3.63, 3.8) is 0 Å². The second-order valence-corrected chi connectivity index (χ2v) is 23.4. The van der Waals surface area contributed by atoms with Gasteiger partial charge >= 0.3 is 0 Å². The number of ether oxygens (including phenoxy) is 1. The molecule has 17 nitrogen and oxygen atoms in total. The predicted molar refractivity (Wildman–Crippen MR) is 295 cm³/mol. The molecule has 0 spiro atoms. The first-order valence-corrected chi connectivity index (χ1v) is 28.3. The summed E-state index contributed by atoms with van der Waals surface area (Å²) >= 11 is 8.02. The van der Waals surface area contributed by atoms with Gasteiger partial charge in [0.25, 0.3) is 5.91 Å². The highest BCUT2D eigenvalue weighted by Gasteiger charge is 2.53. The third kappa shape index (κ3) is 14.6. The molecule has 6 N–H and O–H groups in total. The van der Waals surface area contributed by atoms with E-state index in [-0.39, 0.29) is 43.2 Å². The highest BCUT2D eigenvalue weighted by atomic mass is 35.5. The highest BCUT2D eigenvalue weighted by molar-refractivity contribution is 7.89. The largest absolute Gasteiger partial charge is 0.493 e. The van der Waals surface area contributed by atoms with Gasteiger partial charge in [-0.1, -0.05) is 106 Å². The van der Waals surface area contributed by atoms with Crippen LogP contribution in [0.25, 0.3) is 32.8 Å². The van der Waals surface area contributed by atoms with E-state index in [1.54, 1.807) is 38.4 Å². The lowest BCUT2D eigenvalue weighted by Gasteiger charge is -2.35. The number of hydrogen-bond donors (Lipinski definition) is 6. The van der Waals surface area contributed by atoms with E-state index >= 15 is 0 Å². The van der Waals surface area contributed by atoms with E-state index in [0.717, 1.165) is 45.7 Å². The molecule has 1 aliphatic carbocycles. The summed E-state index contributed by atoms with van der Waals surface area (Å²) in [5.74, 6) is -1.55. The highest BCUT2D eigenvalue weighted by Crippen LogP contribution is 2.41. The normalized spacial score (nSPS) is 16.3. The van der Waals surface area contributed by atoms with Crippen molar-refractivity contribution in [2.24, 2.45) is 5.41 Å². The van der Waals surface area contributed by atoms with E-state index < -0.39 is 69.5 Å². The van der Waals surface area contributed by atoms with Gasteiger partial charge in [-0.3, -0.25) is 19.2 Å². The van der Waals surface area contributed by atoms with E-state index in [1.807, 2.05) is 79.7 Å². The Hall–Kier alpha value is -6.84. The molecule has 3 atom stereocenters. The van der Waals surface area contributed by atoms with Gasteiger partial charge in [0, 0.05) is 42.9 Å². The fraction of sp³-hybridized carbons (Fsp3) is 0.375. The first-order chi connectivity index (χ1) is 36.8. The molecule has 2 fully saturated rings. The molecule has 4 amide bonds. The molecule has 0 bridgehead atoms. The summed E-state index contributed by atoms with van der Waals surface area (Å²) in [6.07, 6.45) is 3.58. The van der Waals surface area contributed by atoms with Crippen molar-refractivity contribution in [2.45, 2.75) is 108 Å². The lowest BCUT2D eigenvalue weighted by atomic mass is 9.85. The molecule has 21 heteroatoms. The summed E-state index contributed by atoms with van der Waals surface area (Å²) in [5.41, 5.74) is 5.35. The van der Waals surface area contributed by atoms with Crippen LogP contribution in [0.5, 0.6) is 5.75 Å². The van der Waals surface area contributed by atoms with Crippen LogP contribution in [0.4, 0.5) is 16.0 Å². The van der Waals surface area contributed by atoms with Crippen LogP contribution in [0.1, 0.15) is 77.0 Å². The number of β-amino-alcohol motifs (C(OH)–C–C–N with tert-alkyl or cyclic N) is 1. The Labute approximate surface area is 456 Å². The number of nitrogens with one attached hydrogen (secondary N) is 5. The number of likely N-dealkylation sites (tertiary alicyclic amines) is 1. The molecular weight excluding hydrogens is 1050 g/mol. The molecule has 0 unspecified atom stereocenters. The van der Waals surface area contributed by atoms with Gasteiger partial charge in [0.05, 0.1) is 57.1 Å². The molecular formula is C56H63ClFN9O8S2. The number of carbonyl (C=O) groups is 4. The zero-order valence-corrected chi connectivity index (χ0v) is 45.7. The van der Waals surface area contributed by atoms with Gasteiger partial charge in [-0.15, -0.1) is 11.3 Å². The van der Waals surface area contributed by atoms with E-state index in [9.17, 15) is 37.1 Å². The molecule has 4 aromatic carbocycles. The summed E-state index contributed by atoms with van der Waals surface area (Å²) in [6.45, 7) is 7.37. The number of nitrogens with zero attached hydrogens (tertiary/aromatic N) is 4. The number of rotatable bonds is 23. The number of hydrogen-bond acceptors (Lipinski definition) is 13. The van der Waals surface area contributed by atoms with Gasteiger partial charge in [0.15, 0.2) is 5.67 Å². The number of alkyl halides is 1. The minimum Gasteiger partial charge on any atom is -0.493 e. The number of carbonyl (C=O) groups excluding carboxylic acids is 4. The predicted octanol–water partition coefficient (Wildman–Crippen LogP) is 8.28. The first-order valence-electron chi connectivity index (χ1n) is 25.5. The number of benzene rings is 4. The molecule has 6 aromatic rings. The van der Waals surface area contributed by atoms with Crippen molar-refractivity contribution in [2.75, 3.05) is 31.6 Å². The summed E-state index contributed by atoms with van der Waals surface area (Å²) in [6, 6.07) is 27.4. The van der Waals surface area contributed by atoms with E-state index in [4.69, 9.17) is 16.3 Å². The molecule has 0 radical (unpaired) electrons. The monoisotopic (exact) mass is 1110 g/mol. The molecule has 1 saturated carbocycles. The zero-order valence-electron chi connectivity index (χ0n) is 43.3. The van der Waals surface area contributed by atoms with Crippen molar-refractivity contribution >= 4 is 68.2 Å². The number of aryl methyl sites for hydroxylation is 1. The van der Waals surface area contributed by atoms with Gasteiger partial charge in [-0.25, -0.2) is 32.5 Å². The third-order valence-corrected chi connectivity index (χ3v) is 16.0. The van der Waals surface area contributed by atoms with Crippen LogP contribution in [-0.4, -0.2) is 107 Å². The van der Waals surface area contributed by atoms with Crippen LogP contribution < -0.4 is 30.7 Å². The minimum absolute atomic E-state index is 0.00219.